The van der Waals surface area contributed by atoms with Crippen molar-refractivity contribution in [2.24, 2.45) is 0 Å². The summed E-state index contributed by atoms with van der Waals surface area (Å²) in [7, 11) is 0. The zero-order chi connectivity index (χ0) is 18.1. The molecule has 1 aromatic carbocycles. The highest BCUT2D eigenvalue weighted by molar-refractivity contribution is 6.01. The van der Waals surface area contributed by atoms with Crippen LogP contribution in [-0.2, 0) is 4.79 Å². The molecule has 3 aliphatic rings. The van der Waals surface area contributed by atoms with Gasteiger partial charge in [-0.1, -0.05) is 23.8 Å². The Morgan fingerprint density at radius 2 is 1.96 bits per heavy atom. The van der Waals surface area contributed by atoms with Gasteiger partial charge in [-0.05, 0) is 49.8 Å². The number of amides is 3. The van der Waals surface area contributed by atoms with Gasteiger partial charge in [0.25, 0.3) is 5.91 Å². The average Bonchev–Trinajstić information content (AvgIpc) is 2.96. The third kappa shape index (κ3) is 3.23. The molecular weight excluding hydrogens is 333 g/mol. The van der Waals surface area contributed by atoms with Gasteiger partial charge in [0.05, 0.1) is 23.9 Å². The van der Waals surface area contributed by atoms with E-state index in [4.69, 9.17) is 0 Å². The molecule has 136 valence electrons. The largest absolute Gasteiger partial charge is 0.333 e. The number of benzene rings is 1. The highest BCUT2D eigenvalue weighted by Gasteiger charge is 2.40. The number of carbonyl (C=O) groups excluding carboxylic acids is 2. The van der Waals surface area contributed by atoms with Crippen molar-refractivity contribution in [3.8, 4) is 0 Å². The standard InChI is InChI=1S/C20H22FN3O2/c21-15-8-6-14(7-9-15)18-17-16(22-20(26)23-18)12-24(19(17)25)11-10-13-4-2-1-3-5-13/h4,6-9,18H,1-3,5,10-12H2,(H2,22,23,26). The summed E-state index contributed by atoms with van der Waals surface area (Å²) in [5.74, 6) is -0.401. The van der Waals surface area contributed by atoms with Crippen LogP contribution in [0.3, 0.4) is 0 Å². The van der Waals surface area contributed by atoms with E-state index in [1.165, 1.54) is 30.5 Å². The van der Waals surface area contributed by atoms with Crippen molar-refractivity contribution in [2.45, 2.75) is 38.1 Å². The molecule has 4 rings (SSSR count). The number of nitrogens with one attached hydrogen (secondary N) is 2. The molecule has 1 unspecified atom stereocenters. The summed E-state index contributed by atoms with van der Waals surface area (Å²) >= 11 is 0. The Hall–Kier alpha value is -2.63. The smallest absolute Gasteiger partial charge is 0.319 e. The highest BCUT2D eigenvalue weighted by atomic mass is 19.1. The molecule has 1 atom stereocenters. The van der Waals surface area contributed by atoms with E-state index in [1.807, 2.05) is 0 Å². The lowest BCUT2D eigenvalue weighted by atomic mass is 9.96. The summed E-state index contributed by atoms with van der Waals surface area (Å²) in [6, 6.07) is 5.04. The first-order valence-electron chi connectivity index (χ1n) is 9.15. The van der Waals surface area contributed by atoms with Crippen molar-refractivity contribution in [1.29, 1.82) is 0 Å². The van der Waals surface area contributed by atoms with Crippen LogP contribution in [0.1, 0.15) is 43.7 Å². The quantitative estimate of drug-likeness (QED) is 0.815. The van der Waals surface area contributed by atoms with E-state index in [2.05, 4.69) is 16.7 Å². The number of halogens is 1. The molecule has 2 aliphatic heterocycles. The normalized spacial score (nSPS) is 22.7. The van der Waals surface area contributed by atoms with E-state index in [1.54, 1.807) is 17.0 Å². The third-order valence-corrected chi connectivity index (χ3v) is 5.31. The summed E-state index contributed by atoms with van der Waals surface area (Å²) in [5, 5.41) is 5.56. The van der Waals surface area contributed by atoms with Gasteiger partial charge in [-0.15, -0.1) is 0 Å². The molecule has 0 fully saturated rings. The molecule has 0 saturated heterocycles. The average molecular weight is 355 g/mol. The van der Waals surface area contributed by atoms with Crippen LogP contribution in [0.5, 0.6) is 0 Å². The van der Waals surface area contributed by atoms with Gasteiger partial charge in [0.2, 0.25) is 0 Å². The van der Waals surface area contributed by atoms with Crippen molar-refractivity contribution < 1.29 is 14.0 Å². The summed E-state index contributed by atoms with van der Waals surface area (Å²) < 4.78 is 13.2. The minimum atomic E-state index is -0.536. The Balaban J connectivity index is 1.52. The molecule has 1 aromatic rings. The minimum absolute atomic E-state index is 0.0572. The number of urea groups is 1. The molecule has 0 bridgehead atoms. The zero-order valence-corrected chi connectivity index (χ0v) is 14.6. The van der Waals surface area contributed by atoms with Gasteiger partial charge in [-0.2, -0.15) is 0 Å². The number of hydrogen-bond acceptors (Lipinski definition) is 2. The Morgan fingerprint density at radius 3 is 2.69 bits per heavy atom. The molecule has 6 heteroatoms. The van der Waals surface area contributed by atoms with Crippen LogP contribution in [0.4, 0.5) is 9.18 Å². The van der Waals surface area contributed by atoms with Gasteiger partial charge >= 0.3 is 6.03 Å². The van der Waals surface area contributed by atoms with Gasteiger partial charge in [-0.3, -0.25) is 4.79 Å². The summed E-state index contributed by atoms with van der Waals surface area (Å²) in [6.07, 6.45) is 7.90. The molecule has 0 spiro atoms. The van der Waals surface area contributed by atoms with Crippen LogP contribution < -0.4 is 10.6 Å². The zero-order valence-electron chi connectivity index (χ0n) is 14.6. The molecule has 2 N–H and O–H groups in total. The molecule has 26 heavy (non-hydrogen) atoms. The number of hydrogen-bond donors (Lipinski definition) is 2. The van der Waals surface area contributed by atoms with Crippen LogP contribution in [0, 0.1) is 5.82 Å². The lowest BCUT2D eigenvalue weighted by Crippen LogP contribution is -2.44. The van der Waals surface area contributed by atoms with Gasteiger partial charge in [-0.25, -0.2) is 9.18 Å². The Kier molecular flexibility index (Phi) is 4.49. The number of nitrogens with zero attached hydrogens (tertiary/aromatic N) is 1. The van der Waals surface area contributed by atoms with Gasteiger partial charge in [0, 0.05) is 6.54 Å². The second kappa shape index (κ2) is 6.94. The van der Waals surface area contributed by atoms with Crippen molar-refractivity contribution in [3.05, 3.63) is 58.6 Å². The molecule has 3 amide bonds. The van der Waals surface area contributed by atoms with E-state index < -0.39 is 6.04 Å². The van der Waals surface area contributed by atoms with Gasteiger partial charge in [0.1, 0.15) is 5.82 Å². The maximum Gasteiger partial charge on any atom is 0.319 e. The molecule has 0 aromatic heterocycles. The van der Waals surface area contributed by atoms with E-state index in [0.29, 0.717) is 29.9 Å². The first-order chi connectivity index (χ1) is 12.6. The number of carbonyl (C=O) groups is 2. The number of rotatable bonds is 4. The summed E-state index contributed by atoms with van der Waals surface area (Å²) in [4.78, 5) is 26.8. The van der Waals surface area contributed by atoms with E-state index in [-0.39, 0.29) is 17.8 Å². The molecule has 2 heterocycles. The van der Waals surface area contributed by atoms with Gasteiger partial charge < -0.3 is 15.5 Å². The monoisotopic (exact) mass is 355 g/mol. The Bertz CT molecular complexity index is 798. The highest BCUT2D eigenvalue weighted by Crippen LogP contribution is 2.33. The number of allylic oxidation sites excluding steroid dienone is 1. The minimum Gasteiger partial charge on any atom is -0.333 e. The lowest BCUT2D eigenvalue weighted by Gasteiger charge is -2.25. The van der Waals surface area contributed by atoms with Gasteiger partial charge in [0.15, 0.2) is 0 Å². The second-order valence-corrected chi connectivity index (χ2v) is 7.06. The second-order valence-electron chi connectivity index (χ2n) is 7.06. The molecule has 5 nitrogen and oxygen atoms in total. The topological polar surface area (TPSA) is 61.4 Å². The van der Waals surface area contributed by atoms with E-state index in [9.17, 15) is 14.0 Å². The van der Waals surface area contributed by atoms with Crippen LogP contribution in [-0.4, -0.2) is 29.9 Å². The predicted molar refractivity (Wildman–Crippen MR) is 95.6 cm³/mol. The van der Waals surface area contributed by atoms with Crippen molar-refractivity contribution >= 4 is 11.9 Å². The van der Waals surface area contributed by atoms with Crippen LogP contribution in [0.25, 0.3) is 0 Å². The molecule has 0 radical (unpaired) electrons. The van der Waals surface area contributed by atoms with Crippen LogP contribution in [0.2, 0.25) is 0 Å². The predicted octanol–water partition coefficient (Wildman–Crippen LogP) is 3.17. The Morgan fingerprint density at radius 1 is 1.15 bits per heavy atom. The maximum atomic E-state index is 13.2. The molecular formula is C20H22FN3O2. The van der Waals surface area contributed by atoms with E-state index >= 15 is 0 Å². The van der Waals surface area contributed by atoms with Crippen molar-refractivity contribution in [3.63, 3.8) is 0 Å². The third-order valence-electron chi connectivity index (χ3n) is 5.31. The Labute approximate surface area is 151 Å². The first-order valence-corrected chi connectivity index (χ1v) is 9.15. The van der Waals surface area contributed by atoms with E-state index in [0.717, 1.165) is 19.3 Å². The lowest BCUT2D eigenvalue weighted by molar-refractivity contribution is -0.125. The fraction of sp³-hybridized carbons (Fsp3) is 0.400. The maximum absolute atomic E-state index is 13.2. The summed E-state index contributed by atoms with van der Waals surface area (Å²) in [6.45, 7) is 1.08. The van der Waals surface area contributed by atoms with Crippen LogP contribution in [0.15, 0.2) is 47.2 Å². The fourth-order valence-corrected chi connectivity index (χ4v) is 3.92. The van der Waals surface area contributed by atoms with Crippen molar-refractivity contribution in [2.75, 3.05) is 13.1 Å². The van der Waals surface area contributed by atoms with Crippen LogP contribution >= 0.6 is 0 Å². The SMILES string of the molecule is O=C1NC2=C(C(=O)N(CCC3=CCCCC3)C2)C(c2ccc(F)cc2)N1. The summed E-state index contributed by atoms with van der Waals surface area (Å²) in [5.41, 5.74) is 3.35. The molecule has 0 saturated carbocycles. The molecule has 1 aliphatic carbocycles. The first kappa shape index (κ1) is 16.8. The van der Waals surface area contributed by atoms with Crippen molar-refractivity contribution in [1.82, 2.24) is 15.5 Å². The fourth-order valence-electron chi connectivity index (χ4n) is 3.92.